The van der Waals surface area contributed by atoms with Crippen molar-refractivity contribution in [3.05, 3.63) is 131 Å². The maximum atomic E-state index is 6.05. The van der Waals surface area contributed by atoms with E-state index in [9.17, 15) is 0 Å². The van der Waals surface area contributed by atoms with Gasteiger partial charge in [-0.15, -0.1) is 0 Å². The third-order valence-corrected chi connectivity index (χ3v) is 8.56. The lowest BCUT2D eigenvalue weighted by Crippen LogP contribution is -2.30. The summed E-state index contributed by atoms with van der Waals surface area (Å²) in [4.78, 5) is 7.28. The van der Waals surface area contributed by atoms with Crippen molar-refractivity contribution in [3.8, 4) is 44.9 Å². The molecule has 0 N–H and O–H groups in total. The highest BCUT2D eigenvalue weighted by Gasteiger charge is 2.30. The minimum absolute atomic E-state index is 0.700. The fourth-order valence-corrected chi connectivity index (χ4v) is 6.23. The molecule has 0 aliphatic carbocycles. The summed E-state index contributed by atoms with van der Waals surface area (Å²) >= 11 is 0. The van der Waals surface area contributed by atoms with Gasteiger partial charge in [-0.25, -0.2) is 0 Å². The molecule has 7 rings (SSSR count). The van der Waals surface area contributed by atoms with Crippen LogP contribution < -0.4 is 9.47 Å². The molecule has 2 heterocycles. The van der Waals surface area contributed by atoms with Gasteiger partial charge in [-0.2, -0.15) is 0 Å². The summed E-state index contributed by atoms with van der Waals surface area (Å²) < 4.78 is 12.0. The average molecular weight is 563 g/mol. The zero-order chi connectivity index (χ0) is 29.5. The lowest BCUT2D eigenvalue weighted by molar-refractivity contribution is 0.356. The molecule has 0 atom stereocenters. The Balaban J connectivity index is 1.46. The Morgan fingerprint density at radius 1 is 0.605 bits per heavy atom. The number of rotatable bonds is 6. The van der Waals surface area contributed by atoms with E-state index in [1.807, 2.05) is 0 Å². The van der Waals surface area contributed by atoms with Crippen LogP contribution in [0.1, 0.15) is 27.8 Å². The van der Waals surface area contributed by atoms with Crippen molar-refractivity contribution >= 4 is 17.6 Å². The van der Waals surface area contributed by atoms with E-state index in [1.54, 1.807) is 14.2 Å². The molecule has 2 aliphatic heterocycles. The molecule has 0 bridgehead atoms. The lowest BCUT2D eigenvalue weighted by Gasteiger charge is -2.30. The summed E-state index contributed by atoms with van der Waals surface area (Å²) in [5, 5.41) is 0. The second-order valence-corrected chi connectivity index (χ2v) is 11.2. The highest BCUT2D eigenvalue weighted by atomic mass is 16.5. The maximum Gasteiger partial charge on any atom is 0.168 e. The predicted octanol–water partition coefficient (Wildman–Crippen LogP) is 8.90. The molecule has 0 saturated heterocycles. The number of methoxy groups -OCH3 is 2. The van der Waals surface area contributed by atoms with Crippen LogP contribution in [0.4, 0.5) is 0 Å². The number of aliphatic imine (C=N–C) groups is 1. The molecule has 5 aromatic rings. The van der Waals surface area contributed by atoms with Gasteiger partial charge in [-0.05, 0) is 101 Å². The number of ether oxygens (including phenoxy) is 2. The molecular formula is C39H34N2O2. The molecule has 0 spiro atoms. The van der Waals surface area contributed by atoms with Crippen LogP contribution in [-0.4, -0.2) is 38.0 Å². The molecule has 0 saturated carbocycles. The topological polar surface area (TPSA) is 34.1 Å². The molecule has 43 heavy (non-hydrogen) atoms. The van der Waals surface area contributed by atoms with Gasteiger partial charge in [-0.1, -0.05) is 66.7 Å². The largest absolute Gasteiger partial charge is 0.493 e. The van der Waals surface area contributed by atoms with Crippen molar-refractivity contribution in [1.29, 1.82) is 0 Å². The summed E-state index contributed by atoms with van der Waals surface area (Å²) in [5.41, 5.74) is 13.8. The second-order valence-electron chi connectivity index (χ2n) is 11.2. The summed E-state index contributed by atoms with van der Waals surface area (Å²) in [6, 6.07) is 36.7. The molecule has 0 unspecified atom stereocenters. The summed E-state index contributed by atoms with van der Waals surface area (Å²) in [6.07, 6.45) is 2.30. The van der Waals surface area contributed by atoms with Crippen molar-refractivity contribution in [3.63, 3.8) is 0 Å². The fourth-order valence-electron chi connectivity index (χ4n) is 6.23. The average Bonchev–Trinajstić information content (AvgIpc) is 3.55. The van der Waals surface area contributed by atoms with Gasteiger partial charge in [0, 0.05) is 23.2 Å². The molecule has 0 radical (unpaired) electrons. The smallest absolute Gasteiger partial charge is 0.168 e. The number of nitrogens with zero attached hydrogens (tertiary/aromatic N) is 2. The quantitative estimate of drug-likeness (QED) is 0.207. The number of hydrogen-bond donors (Lipinski definition) is 0. The van der Waals surface area contributed by atoms with Crippen molar-refractivity contribution in [2.24, 2.45) is 4.99 Å². The van der Waals surface area contributed by atoms with Crippen LogP contribution in [0.2, 0.25) is 0 Å². The van der Waals surface area contributed by atoms with Gasteiger partial charge in [0.05, 0.1) is 26.5 Å². The van der Waals surface area contributed by atoms with E-state index < -0.39 is 0 Å². The van der Waals surface area contributed by atoms with Gasteiger partial charge in [0.2, 0.25) is 0 Å². The monoisotopic (exact) mass is 562 g/mol. The molecule has 0 aromatic heterocycles. The van der Waals surface area contributed by atoms with Gasteiger partial charge < -0.3 is 14.4 Å². The Morgan fingerprint density at radius 2 is 1.23 bits per heavy atom. The Hall–Kier alpha value is -5.09. The number of aryl methyl sites for hydroxylation is 2. The fraction of sp³-hybridized carbons (Fsp3) is 0.154. The van der Waals surface area contributed by atoms with E-state index in [1.165, 1.54) is 33.4 Å². The van der Waals surface area contributed by atoms with Gasteiger partial charge in [0.25, 0.3) is 0 Å². The van der Waals surface area contributed by atoms with E-state index in [-0.39, 0.29) is 0 Å². The number of amidine groups is 1. The molecule has 4 nitrogen and oxygen atoms in total. The number of hydrogen-bond acceptors (Lipinski definition) is 4. The van der Waals surface area contributed by atoms with Crippen molar-refractivity contribution in [2.45, 2.75) is 13.8 Å². The molecular weight excluding hydrogens is 528 g/mol. The summed E-state index contributed by atoms with van der Waals surface area (Å²) in [7, 11) is 3.42. The van der Waals surface area contributed by atoms with Crippen LogP contribution in [0, 0.1) is 13.8 Å². The first kappa shape index (κ1) is 26.8. The van der Waals surface area contributed by atoms with E-state index in [4.69, 9.17) is 14.5 Å². The third-order valence-electron chi connectivity index (χ3n) is 8.56. The SMILES string of the molecule is COc1cc(C2=Cc3cc(C)c(C)cc3C3=NCCN23)cc(-c2cc(-c3ccccc3)cc(-c3ccccc3)c2)c1OC. The minimum atomic E-state index is 0.700. The van der Waals surface area contributed by atoms with Crippen LogP contribution >= 0.6 is 0 Å². The number of fused-ring (bicyclic) bond motifs is 3. The lowest BCUT2D eigenvalue weighted by atomic mass is 9.90. The molecule has 2 aliphatic rings. The molecule has 4 heteroatoms. The first-order valence-electron chi connectivity index (χ1n) is 14.7. The summed E-state index contributed by atoms with van der Waals surface area (Å²) in [6.45, 7) is 5.96. The van der Waals surface area contributed by atoms with Crippen LogP contribution in [0.5, 0.6) is 11.5 Å². The first-order valence-corrected chi connectivity index (χ1v) is 14.7. The highest BCUT2D eigenvalue weighted by molar-refractivity contribution is 6.12. The van der Waals surface area contributed by atoms with Crippen LogP contribution in [0.15, 0.2) is 108 Å². The zero-order valence-electron chi connectivity index (χ0n) is 25.0. The van der Waals surface area contributed by atoms with E-state index in [0.29, 0.717) is 11.5 Å². The minimum Gasteiger partial charge on any atom is -0.493 e. The van der Waals surface area contributed by atoms with E-state index in [2.05, 4.69) is 128 Å². The standard InChI is InChI=1S/C39H34N2O2/c1-25-17-31-23-36(41-16-15-40-39(41)35(31)18-26(25)2)33-22-34(38(43-4)37(24-33)42-3)32-20-29(27-11-7-5-8-12-27)19-30(21-32)28-13-9-6-10-14-28/h5-14,17-24H,15-16H2,1-4H3. The van der Waals surface area contributed by atoms with E-state index in [0.717, 1.165) is 52.4 Å². The predicted molar refractivity (Wildman–Crippen MR) is 178 cm³/mol. The Morgan fingerprint density at radius 3 is 1.86 bits per heavy atom. The zero-order valence-corrected chi connectivity index (χ0v) is 25.0. The maximum absolute atomic E-state index is 6.05. The van der Waals surface area contributed by atoms with Crippen molar-refractivity contribution in [1.82, 2.24) is 4.90 Å². The highest BCUT2D eigenvalue weighted by Crippen LogP contribution is 2.45. The molecule has 0 amide bonds. The first-order chi connectivity index (χ1) is 21.0. The normalized spacial score (nSPS) is 13.6. The van der Waals surface area contributed by atoms with Gasteiger partial charge >= 0.3 is 0 Å². The molecule has 0 fully saturated rings. The van der Waals surface area contributed by atoms with Crippen LogP contribution in [0.3, 0.4) is 0 Å². The van der Waals surface area contributed by atoms with Gasteiger partial charge in [0.15, 0.2) is 11.5 Å². The van der Waals surface area contributed by atoms with Crippen LogP contribution in [0.25, 0.3) is 45.2 Å². The molecule has 5 aromatic carbocycles. The summed E-state index contributed by atoms with van der Waals surface area (Å²) in [5.74, 6) is 2.46. The Kier molecular flexibility index (Phi) is 6.83. The second kappa shape index (κ2) is 11.0. The molecule has 212 valence electrons. The number of benzene rings is 5. The van der Waals surface area contributed by atoms with Gasteiger partial charge in [-0.3, -0.25) is 4.99 Å². The Labute approximate surface area is 253 Å². The van der Waals surface area contributed by atoms with E-state index >= 15 is 0 Å². The Bertz CT molecular complexity index is 1850. The van der Waals surface area contributed by atoms with Crippen molar-refractivity contribution < 1.29 is 9.47 Å². The van der Waals surface area contributed by atoms with Crippen molar-refractivity contribution in [2.75, 3.05) is 27.3 Å². The van der Waals surface area contributed by atoms with Gasteiger partial charge in [0.1, 0.15) is 5.84 Å². The van der Waals surface area contributed by atoms with Crippen LogP contribution in [-0.2, 0) is 0 Å². The third kappa shape index (κ3) is 4.79.